The van der Waals surface area contributed by atoms with Crippen LogP contribution in [-0.4, -0.2) is 16.4 Å². The van der Waals surface area contributed by atoms with E-state index in [1.165, 1.54) is 18.3 Å². The Bertz CT molecular complexity index is 565. The molecule has 0 unspecified atom stereocenters. The predicted octanol–water partition coefficient (Wildman–Crippen LogP) is 2.43. The average Bonchev–Trinajstić information content (AvgIpc) is 2.30. The highest BCUT2D eigenvalue weighted by molar-refractivity contribution is 5.86. The number of aliphatic imine (C=N–C) groups is 1. The lowest BCUT2D eigenvalue weighted by atomic mass is 10.2. The van der Waals surface area contributed by atoms with Crippen LogP contribution in [0.4, 0.5) is 11.4 Å². The van der Waals surface area contributed by atoms with Gasteiger partial charge in [-0.05, 0) is 24.3 Å². The monoisotopic (exact) mass is 228 g/mol. The van der Waals surface area contributed by atoms with Crippen LogP contribution in [0.15, 0.2) is 47.5 Å². The van der Waals surface area contributed by atoms with Gasteiger partial charge in [-0.15, -0.1) is 0 Å². The Morgan fingerprint density at radius 3 is 2.53 bits per heavy atom. The first-order valence-electron chi connectivity index (χ1n) is 5.07. The van der Waals surface area contributed by atoms with E-state index in [0.717, 1.165) is 0 Å². The summed E-state index contributed by atoms with van der Waals surface area (Å²) in [6, 6.07) is 11.5. The molecule has 0 heterocycles. The minimum atomic E-state index is -0.0248. The van der Waals surface area contributed by atoms with Gasteiger partial charge in [-0.3, -0.25) is 4.99 Å². The minimum Gasteiger partial charge on any atom is -0.508 e. The Hall–Kier alpha value is -2.49. The second-order valence-corrected chi connectivity index (χ2v) is 3.56. The van der Waals surface area contributed by atoms with E-state index in [0.29, 0.717) is 16.9 Å². The number of hydrogen-bond donors (Lipinski definition) is 3. The number of benzene rings is 2. The van der Waals surface area contributed by atoms with E-state index >= 15 is 0 Å². The number of rotatable bonds is 2. The summed E-state index contributed by atoms with van der Waals surface area (Å²) >= 11 is 0. The van der Waals surface area contributed by atoms with Crippen molar-refractivity contribution in [3.63, 3.8) is 0 Å². The molecule has 0 saturated heterocycles. The molecule has 0 bridgehead atoms. The molecule has 2 aromatic rings. The molecule has 0 fully saturated rings. The maximum absolute atomic E-state index is 9.56. The van der Waals surface area contributed by atoms with E-state index < -0.39 is 0 Å². The highest BCUT2D eigenvalue weighted by Gasteiger charge is 1.99. The second-order valence-electron chi connectivity index (χ2n) is 3.56. The van der Waals surface area contributed by atoms with E-state index in [2.05, 4.69) is 4.99 Å². The van der Waals surface area contributed by atoms with Crippen LogP contribution in [0.3, 0.4) is 0 Å². The third kappa shape index (κ3) is 2.55. The number of nitrogens with zero attached hydrogens (tertiary/aromatic N) is 1. The van der Waals surface area contributed by atoms with Gasteiger partial charge in [0, 0.05) is 17.8 Å². The summed E-state index contributed by atoms with van der Waals surface area (Å²) in [4.78, 5) is 4.17. The van der Waals surface area contributed by atoms with Crippen molar-refractivity contribution in [1.82, 2.24) is 0 Å². The third-order valence-corrected chi connectivity index (χ3v) is 2.29. The summed E-state index contributed by atoms with van der Waals surface area (Å²) in [5, 5.41) is 18.7. The predicted molar refractivity (Wildman–Crippen MR) is 67.9 cm³/mol. The van der Waals surface area contributed by atoms with Crippen LogP contribution in [-0.2, 0) is 0 Å². The molecule has 0 aliphatic heterocycles. The van der Waals surface area contributed by atoms with E-state index in [1.54, 1.807) is 18.2 Å². The van der Waals surface area contributed by atoms with E-state index in [9.17, 15) is 5.11 Å². The fraction of sp³-hybridized carbons (Fsp3) is 0. The maximum Gasteiger partial charge on any atom is 0.128 e. The van der Waals surface area contributed by atoms with Crippen LogP contribution in [0.1, 0.15) is 5.56 Å². The van der Waals surface area contributed by atoms with Crippen molar-refractivity contribution in [3.8, 4) is 11.5 Å². The highest BCUT2D eigenvalue weighted by Crippen LogP contribution is 2.24. The molecule has 0 aliphatic rings. The van der Waals surface area contributed by atoms with Gasteiger partial charge in [0.2, 0.25) is 0 Å². The van der Waals surface area contributed by atoms with Crippen molar-refractivity contribution >= 4 is 17.6 Å². The lowest BCUT2D eigenvalue weighted by Gasteiger charge is -2.00. The van der Waals surface area contributed by atoms with Crippen LogP contribution in [0.25, 0.3) is 0 Å². The molecule has 0 aromatic heterocycles. The largest absolute Gasteiger partial charge is 0.508 e. The summed E-state index contributed by atoms with van der Waals surface area (Å²) in [5.74, 6) is -0.0119. The molecule has 2 aromatic carbocycles. The molecule has 0 aliphatic carbocycles. The molecule has 17 heavy (non-hydrogen) atoms. The molecular weight excluding hydrogens is 216 g/mol. The van der Waals surface area contributed by atoms with Crippen LogP contribution in [0.5, 0.6) is 11.5 Å². The Morgan fingerprint density at radius 1 is 1.06 bits per heavy atom. The number of nitrogens with two attached hydrogens (primary N) is 1. The zero-order valence-corrected chi connectivity index (χ0v) is 9.04. The summed E-state index contributed by atoms with van der Waals surface area (Å²) in [6.07, 6.45) is 1.50. The number of para-hydroxylation sites is 2. The number of phenols is 2. The molecular formula is C13H12N2O2. The zero-order chi connectivity index (χ0) is 12.3. The summed E-state index contributed by atoms with van der Waals surface area (Å²) in [6.45, 7) is 0. The lowest BCUT2D eigenvalue weighted by Crippen LogP contribution is -1.86. The minimum absolute atomic E-state index is 0.0128. The van der Waals surface area contributed by atoms with Crippen molar-refractivity contribution in [3.05, 3.63) is 48.0 Å². The van der Waals surface area contributed by atoms with Crippen molar-refractivity contribution in [1.29, 1.82) is 0 Å². The summed E-state index contributed by atoms with van der Waals surface area (Å²) in [7, 11) is 0. The molecule has 0 radical (unpaired) electrons. The van der Waals surface area contributed by atoms with Crippen LogP contribution < -0.4 is 5.73 Å². The SMILES string of the molecule is Nc1ccccc1N=Cc1ccc(O)cc1O. The molecule has 0 atom stereocenters. The van der Waals surface area contributed by atoms with Gasteiger partial charge in [-0.25, -0.2) is 0 Å². The molecule has 4 N–H and O–H groups in total. The van der Waals surface area contributed by atoms with E-state index in [1.807, 2.05) is 12.1 Å². The Balaban J connectivity index is 2.29. The topological polar surface area (TPSA) is 78.8 Å². The standard InChI is InChI=1S/C13H12N2O2/c14-11-3-1-2-4-12(11)15-8-9-5-6-10(16)7-13(9)17/h1-8,16-17H,14H2. The van der Waals surface area contributed by atoms with E-state index in [-0.39, 0.29) is 11.5 Å². The molecule has 2 rings (SSSR count). The van der Waals surface area contributed by atoms with Gasteiger partial charge < -0.3 is 15.9 Å². The zero-order valence-electron chi connectivity index (χ0n) is 9.04. The van der Waals surface area contributed by atoms with Gasteiger partial charge >= 0.3 is 0 Å². The van der Waals surface area contributed by atoms with Crippen LogP contribution in [0.2, 0.25) is 0 Å². The Labute approximate surface area is 98.7 Å². The van der Waals surface area contributed by atoms with Gasteiger partial charge in [0.25, 0.3) is 0 Å². The summed E-state index contributed by atoms with van der Waals surface area (Å²) in [5.41, 5.74) is 7.46. The number of hydrogen-bond acceptors (Lipinski definition) is 4. The number of nitrogen functional groups attached to an aromatic ring is 1. The molecule has 86 valence electrons. The number of anilines is 1. The lowest BCUT2D eigenvalue weighted by molar-refractivity contribution is 0.450. The van der Waals surface area contributed by atoms with Crippen LogP contribution in [0, 0.1) is 0 Å². The first kappa shape index (κ1) is 11.0. The van der Waals surface area contributed by atoms with Gasteiger partial charge in [-0.2, -0.15) is 0 Å². The molecule has 0 saturated carbocycles. The molecule has 0 spiro atoms. The molecule has 4 heteroatoms. The smallest absolute Gasteiger partial charge is 0.128 e. The number of phenolic OH excluding ortho intramolecular Hbond substituents is 2. The number of aromatic hydroxyl groups is 2. The van der Waals surface area contributed by atoms with Crippen LogP contribution >= 0.6 is 0 Å². The fourth-order valence-electron chi connectivity index (χ4n) is 1.39. The fourth-order valence-corrected chi connectivity index (χ4v) is 1.39. The van der Waals surface area contributed by atoms with Gasteiger partial charge in [0.15, 0.2) is 0 Å². The molecule has 4 nitrogen and oxygen atoms in total. The maximum atomic E-state index is 9.56. The van der Waals surface area contributed by atoms with Gasteiger partial charge in [-0.1, -0.05) is 12.1 Å². The van der Waals surface area contributed by atoms with Gasteiger partial charge in [0.1, 0.15) is 11.5 Å². The average molecular weight is 228 g/mol. The Morgan fingerprint density at radius 2 is 1.82 bits per heavy atom. The first-order chi connectivity index (χ1) is 8.16. The highest BCUT2D eigenvalue weighted by atomic mass is 16.3. The van der Waals surface area contributed by atoms with Crippen molar-refractivity contribution in [2.45, 2.75) is 0 Å². The van der Waals surface area contributed by atoms with E-state index in [4.69, 9.17) is 10.8 Å². The second kappa shape index (κ2) is 4.57. The first-order valence-corrected chi connectivity index (χ1v) is 5.07. The van der Waals surface area contributed by atoms with Gasteiger partial charge in [0.05, 0.1) is 11.4 Å². The quantitative estimate of drug-likeness (QED) is 0.545. The molecule has 0 amide bonds. The third-order valence-electron chi connectivity index (χ3n) is 2.29. The van der Waals surface area contributed by atoms with Crippen molar-refractivity contribution in [2.75, 3.05) is 5.73 Å². The van der Waals surface area contributed by atoms with Crippen molar-refractivity contribution in [2.24, 2.45) is 4.99 Å². The normalized spacial score (nSPS) is 10.8. The summed E-state index contributed by atoms with van der Waals surface area (Å²) < 4.78 is 0. The Kier molecular flexibility index (Phi) is 2.96. The van der Waals surface area contributed by atoms with Crippen molar-refractivity contribution < 1.29 is 10.2 Å².